The van der Waals surface area contributed by atoms with Gasteiger partial charge in [-0.3, -0.25) is 0 Å². The smallest absolute Gasteiger partial charge is 0.332 e. The van der Waals surface area contributed by atoms with Crippen LogP contribution in [-0.4, -0.2) is 20.6 Å². The summed E-state index contributed by atoms with van der Waals surface area (Å²) in [5, 5.41) is 12.9. The number of aryl methyl sites for hydroxylation is 1. The SMILES string of the molecule is CCn1cncc1C(Nc1cccc(Cl)c1)C(=O)O. The van der Waals surface area contributed by atoms with Gasteiger partial charge in [0.2, 0.25) is 0 Å². The Morgan fingerprint density at radius 3 is 3.00 bits per heavy atom. The average Bonchev–Trinajstić information content (AvgIpc) is 2.83. The molecule has 0 bridgehead atoms. The van der Waals surface area contributed by atoms with E-state index in [2.05, 4.69) is 10.3 Å². The van der Waals surface area contributed by atoms with Crippen LogP contribution >= 0.6 is 11.6 Å². The van der Waals surface area contributed by atoms with Crippen molar-refractivity contribution in [3.63, 3.8) is 0 Å². The molecule has 0 radical (unpaired) electrons. The first-order valence-corrected chi connectivity index (χ1v) is 6.24. The van der Waals surface area contributed by atoms with Crippen LogP contribution < -0.4 is 5.32 Å². The van der Waals surface area contributed by atoms with Gasteiger partial charge in [-0.05, 0) is 25.1 Å². The number of carboxylic acid groups (broad SMARTS) is 1. The molecule has 0 fully saturated rings. The Balaban J connectivity index is 2.29. The number of carbonyl (C=O) groups is 1. The van der Waals surface area contributed by atoms with Gasteiger partial charge in [0.05, 0.1) is 18.2 Å². The van der Waals surface area contributed by atoms with Gasteiger partial charge < -0.3 is 15.0 Å². The zero-order chi connectivity index (χ0) is 13.8. The Hall–Kier alpha value is -2.01. The molecule has 1 heterocycles. The van der Waals surface area contributed by atoms with Gasteiger partial charge in [-0.15, -0.1) is 0 Å². The Bertz CT molecular complexity index is 583. The van der Waals surface area contributed by atoms with Gasteiger partial charge in [0.25, 0.3) is 0 Å². The van der Waals surface area contributed by atoms with Crippen LogP contribution in [0.25, 0.3) is 0 Å². The van der Waals surface area contributed by atoms with E-state index in [0.29, 0.717) is 22.9 Å². The van der Waals surface area contributed by atoms with Crippen molar-refractivity contribution in [3.05, 3.63) is 47.5 Å². The number of nitrogens with one attached hydrogen (secondary N) is 1. The second-order valence-electron chi connectivity index (χ2n) is 4.03. The third-order valence-corrected chi connectivity index (χ3v) is 3.00. The van der Waals surface area contributed by atoms with Gasteiger partial charge in [0.1, 0.15) is 0 Å². The van der Waals surface area contributed by atoms with Gasteiger partial charge >= 0.3 is 5.97 Å². The Morgan fingerprint density at radius 2 is 2.37 bits per heavy atom. The van der Waals surface area contributed by atoms with Crippen molar-refractivity contribution in [2.24, 2.45) is 0 Å². The molecule has 1 aromatic heterocycles. The van der Waals surface area contributed by atoms with E-state index in [1.54, 1.807) is 41.4 Å². The highest BCUT2D eigenvalue weighted by Crippen LogP contribution is 2.22. The number of hydrogen-bond acceptors (Lipinski definition) is 3. The number of nitrogens with zero attached hydrogens (tertiary/aromatic N) is 2. The minimum absolute atomic E-state index is 0.554. The normalized spacial score (nSPS) is 12.1. The van der Waals surface area contributed by atoms with Crippen LogP contribution in [0.2, 0.25) is 5.02 Å². The predicted octanol–water partition coefficient (Wildman–Crippen LogP) is 2.79. The molecule has 0 saturated carbocycles. The second-order valence-corrected chi connectivity index (χ2v) is 4.47. The number of imidazole rings is 1. The number of anilines is 1. The molecular weight excluding hydrogens is 266 g/mol. The lowest BCUT2D eigenvalue weighted by Crippen LogP contribution is -2.23. The lowest BCUT2D eigenvalue weighted by Gasteiger charge is -2.17. The summed E-state index contributed by atoms with van der Waals surface area (Å²) >= 11 is 5.89. The van der Waals surface area contributed by atoms with Gasteiger partial charge in [-0.1, -0.05) is 17.7 Å². The summed E-state index contributed by atoms with van der Waals surface area (Å²) in [6, 6.07) is 6.10. The number of aromatic nitrogens is 2. The van der Waals surface area contributed by atoms with Crippen LogP contribution in [0.4, 0.5) is 5.69 Å². The monoisotopic (exact) mass is 279 g/mol. The van der Waals surface area contributed by atoms with Crippen LogP contribution in [0.3, 0.4) is 0 Å². The van der Waals surface area contributed by atoms with Crippen molar-refractivity contribution >= 4 is 23.3 Å². The number of halogens is 1. The first-order chi connectivity index (χ1) is 9.11. The highest BCUT2D eigenvalue weighted by atomic mass is 35.5. The molecule has 1 atom stereocenters. The van der Waals surface area contributed by atoms with Crippen molar-refractivity contribution < 1.29 is 9.90 Å². The Labute approximate surface area is 115 Å². The maximum absolute atomic E-state index is 11.4. The van der Waals surface area contributed by atoms with E-state index in [9.17, 15) is 9.90 Å². The molecule has 2 aromatic rings. The van der Waals surface area contributed by atoms with E-state index < -0.39 is 12.0 Å². The maximum Gasteiger partial charge on any atom is 0.332 e. The molecule has 1 unspecified atom stereocenters. The fourth-order valence-corrected chi connectivity index (χ4v) is 2.03. The first kappa shape index (κ1) is 13.4. The summed E-state index contributed by atoms with van der Waals surface area (Å²) < 4.78 is 1.79. The molecule has 2 N–H and O–H groups in total. The van der Waals surface area contributed by atoms with Crippen LogP contribution in [0, 0.1) is 0 Å². The minimum atomic E-state index is -0.963. The lowest BCUT2D eigenvalue weighted by molar-refractivity contribution is -0.138. The molecule has 0 aliphatic carbocycles. The van der Waals surface area contributed by atoms with E-state index in [1.807, 2.05) is 6.92 Å². The van der Waals surface area contributed by atoms with Crippen LogP contribution in [-0.2, 0) is 11.3 Å². The molecule has 0 aliphatic heterocycles. The molecule has 100 valence electrons. The van der Waals surface area contributed by atoms with E-state index in [1.165, 1.54) is 0 Å². The Morgan fingerprint density at radius 1 is 1.58 bits per heavy atom. The largest absolute Gasteiger partial charge is 0.479 e. The summed E-state index contributed by atoms with van der Waals surface area (Å²) in [5.41, 5.74) is 1.26. The lowest BCUT2D eigenvalue weighted by atomic mass is 10.2. The predicted molar refractivity (Wildman–Crippen MR) is 73.4 cm³/mol. The van der Waals surface area contributed by atoms with Crippen molar-refractivity contribution in [3.8, 4) is 0 Å². The molecule has 0 aliphatic rings. The summed E-state index contributed by atoms with van der Waals surface area (Å²) in [6.45, 7) is 2.60. The molecule has 6 heteroatoms. The number of aliphatic carboxylic acids is 1. The summed E-state index contributed by atoms with van der Waals surface area (Å²) in [5.74, 6) is -0.963. The van der Waals surface area contributed by atoms with Crippen molar-refractivity contribution in [1.82, 2.24) is 9.55 Å². The zero-order valence-electron chi connectivity index (χ0n) is 10.4. The van der Waals surface area contributed by atoms with Crippen LogP contribution in [0.5, 0.6) is 0 Å². The Kier molecular flexibility index (Phi) is 4.06. The van der Waals surface area contributed by atoms with Gasteiger partial charge in [-0.2, -0.15) is 0 Å². The first-order valence-electron chi connectivity index (χ1n) is 5.86. The molecule has 2 rings (SSSR count). The van der Waals surface area contributed by atoms with E-state index in [4.69, 9.17) is 11.6 Å². The van der Waals surface area contributed by atoms with Gasteiger partial charge in [0, 0.05) is 17.3 Å². The highest BCUT2D eigenvalue weighted by Gasteiger charge is 2.23. The van der Waals surface area contributed by atoms with Crippen LogP contribution in [0.1, 0.15) is 18.7 Å². The van der Waals surface area contributed by atoms with E-state index >= 15 is 0 Å². The van der Waals surface area contributed by atoms with Crippen molar-refractivity contribution in [2.75, 3.05) is 5.32 Å². The minimum Gasteiger partial charge on any atom is -0.479 e. The summed E-state index contributed by atoms with van der Waals surface area (Å²) in [6.07, 6.45) is 3.17. The number of carboxylic acids is 1. The quantitative estimate of drug-likeness (QED) is 0.883. The van der Waals surface area contributed by atoms with Crippen molar-refractivity contribution in [1.29, 1.82) is 0 Å². The fourth-order valence-electron chi connectivity index (χ4n) is 1.84. The topological polar surface area (TPSA) is 67.2 Å². The van der Waals surface area contributed by atoms with E-state index in [-0.39, 0.29) is 0 Å². The van der Waals surface area contributed by atoms with Crippen molar-refractivity contribution in [2.45, 2.75) is 19.5 Å². The number of rotatable bonds is 5. The number of benzene rings is 1. The second kappa shape index (κ2) is 5.75. The summed E-state index contributed by atoms with van der Waals surface area (Å²) in [4.78, 5) is 15.4. The molecule has 0 saturated heterocycles. The zero-order valence-corrected chi connectivity index (χ0v) is 11.1. The average molecular weight is 280 g/mol. The molecule has 0 amide bonds. The molecule has 1 aromatic carbocycles. The van der Waals surface area contributed by atoms with Gasteiger partial charge in [-0.25, -0.2) is 9.78 Å². The molecule has 19 heavy (non-hydrogen) atoms. The third-order valence-electron chi connectivity index (χ3n) is 2.76. The fraction of sp³-hybridized carbons (Fsp3) is 0.231. The molecule has 5 nitrogen and oxygen atoms in total. The highest BCUT2D eigenvalue weighted by molar-refractivity contribution is 6.30. The summed E-state index contributed by atoms with van der Waals surface area (Å²) in [7, 11) is 0. The maximum atomic E-state index is 11.4. The molecule has 0 spiro atoms. The standard InChI is InChI=1S/C13H14ClN3O2/c1-2-17-8-15-7-11(17)12(13(18)19)16-10-5-3-4-9(14)6-10/h3-8,12,16H,2H2,1H3,(H,18,19). The number of hydrogen-bond donors (Lipinski definition) is 2. The van der Waals surface area contributed by atoms with E-state index in [0.717, 1.165) is 0 Å². The van der Waals surface area contributed by atoms with Crippen LogP contribution in [0.15, 0.2) is 36.8 Å². The molecular formula is C13H14ClN3O2. The third kappa shape index (κ3) is 3.06. The van der Waals surface area contributed by atoms with Gasteiger partial charge in [0.15, 0.2) is 6.04 Å².